The molecule has 6 heteroatoms. The van der Waals surface area contributed by atoms with Gasteiger partial charge in [0.1, 0.15) is 5.56 Å². The SMILES string of the molecule is O=C(Nc1n[nH]c2ccccc12)c1ccc[nH]c1=O. The highest BCUT2D eigenvalue weighted by atomic mass is 16.2. The lowest BCUT2D eigenvalue weighted by molar-refractivity contribution is 0.102. The second-order valence-electron chi connectivity index (χ2n) is 3.98. The van der Waals surface area contributed by atoms with Gasteiger partial charge in [-0.2, -0.15) is 5.10 Å². The van der Waals surface area contributed by atoms with Crippen LogP contribution in [0.4, 0.5) is 5.82 Å². The number of H-pyrrole nitrogens is 2. The Morgan fingerprint density at radius 2 is 2.00 bits per heavy atom. The van der Waals surface area contributed by atoms with Crippen molar-refractivity contribution in [2.45, 2.75) is 0 Å². The Morgan fingerprint density at radius 1 is 1.16 bits per heavy atom. The minimum absolute atomic E-state index is 0.0505. The quantitative estimate of drug-likeness (QED) is 0.647. The van der Waals surface area contributed by atoms with Crippen LogP contribution in [0.15, 0.2) is 47.4 Å². The third kappa shape index (κ3) is 1.99. The zero-order valence-corrected chi connectivity index (χ0v) is 9.81. The number of carbonyl (C=O) groups is 1. The maximum atomic E-state index is 12.0. The number of fused-ring (bicyclic) bond motifs is 1. The molecule has 0 fully saturated rings. The highest BCUT2D eigenvalue weighted by molar-refractivity contribution is 6.07. The van der Waals surface area contributed by atoms with Gasteiger partial charge in [-0.25, -0.2) is 0 Å². The molecule has 0 aliphatic rings. The van der Waals surface area contributed by atoms with Crippen LogP contribution in [-0.4, -0.2) is 21.1 Å². The molecule has 19 heavy (non-hydrogen) atoms. The van der Waals surface area contributed by atoms with Gasteiger partial charge >= 0.3 is 0 Å². The number of para-hydroxylation sites is 1. The first kappa shape index (κ1) is 11.2. The van der Waals surface area contributed by atoms with Gasteiger partial charge in [-0.3, -0.25) is 14.7 Å². The third-order valence-corrected chi connectivity index (χ3v) is 2.77. The second kappa shape index (κ2) is 4.41. The molecule has 0 aliphatic heterocycles. The largest absolute Gasteiger partial charge is 0.328 e. The minimum Gasteiger partial charge on any atom is -0.328 e. The number of hydrogen-bond donors (Lipinski definition) is 3. The number of amides is 1. The summed E-state index contributed by atoms with van der Waals surface area (Å²) in [5, 5.41) is 10.2. The number of nitrogens with zero attached hydrogens (tertiary/aromatic N) is 1. The number of pyridine rings is 1. The van der Waals surface area contributed by atoms with Crippen molar-refractivity contribution in [2.75, 3.05) is 5.32 Å². The summed E-state index contributed by atoms with van der Waals surface area (Å²) in [6.07, 6.45) is 1.48. The van der Waals surface area contributed by atoms with Gasteiger partial charge in [0, 0.05) is 11.6 Å². The first-order chi connectivity index (χ1) is 9.25. The van der Waals surface area contributed by atoms with Crippen molar-refractivity contribution in [3.8, 4) is 0 Å². The summed E-state index contributed by atoms with van der Waals surface area (Å²) in [5.74, 6) is -0.0806. The summed E-state index contributed by atoms with van der Waals surface area (Å²) >= 11 is 0. The Morgan fingerprint density at radius 3 is 2.84 bits per heavy atom. The van der Waals surface area contributed by atoms with Crippen molar-refractivity contribution in [3.05, 3.63) is 58.5 Å². The lowest BCUT2D eigenvalue weighted by Gasteiger charge is -2.01. The number of rotatable bonds is 2. The van der Waals surface area contributed by atoms with Crippen molar-refractivity contribution in [1.29, 1.82) is 0 Å². The summed E-state index contributed by atoms with van der Waals surface area (Å²) in [4.78, 5) is 26.0. The molecule has 6 nitrogen and oxygen atoms in total. The molecule has 0 bridgehead atoms. The van der Waals surface area contributed by atoms with E-state index in [-0.39, 0.29) is 5.56 Å². The maximum absolute atomic E-state index is 12.0. The van der Waals surface area contributed by atoms with Crippen molar-refractivity contribution in [3.63, 3.8) is 0 Å². The average molecular weight is 254 g/mol. The molecule has 3 aromatic rings. The highest BCUT2D eigenvalue weighted by Gasteiger charge is 2.13. The smallest absolute Gasteiger partial charge is 0.262 e. The summed E-state index contributed by atoms with van der Waals surface area (Å²) in [5.41, 5.74) is 0.439. The molecular weight excluding hydrogens is 244 g/mol. The van der Waals surface area contributed by atoms with Crippen LogP contribution in [0.25, 0.3) is 10.9 Å². The van der Waals surface area contributed by atoms with Crippen LogP contribution in [0.3, 0.4) is 0 Å². The normalized spacial score (nSPS) is 10.5. The van der Waals surface area contributed by atoms with E-state index in [9.17, 15) is 9.59 Å². The molecule has 2 heterocycles. The minimum atomic E-state index is -0.487. The zero-order chi connectivity index (χ0) is 13.2. The zero-order valence-electron chi connectivity index (χ0n) is 9.81. The number of aromatic nitrogens is 3. The van der Waals surface area contributed by atoms with Gasteiger partial charge in [-0.1, -0.05) is 12.1 Å². The number of anilines is 1. The van der Waals surface area contributed by atoms with E-state index in [2.05, 4.69) is 20.5 Å². The van der Waals surface area contributed by atoms with Crippen LogP contribution >= 0.6 is 0 Å². The lowest BCUT2D eigenvalue weighted by Crippen LogP contribution is -2.22. The fourth-order valence-electron chi connectivity index (χ4n) is 1.83. The van der Waals surface area contributed by atoms with Crippen LogP contribution in [0.1, 0.15) is 10.4 Å². The van der Waals surface area contributed by atoms with Crippen molar-refractivity contribution in [1.82, 2.24) is 15.2 Å². The van der Waals surface area contributed by atoms with Gasteiger partial charge in [-0.05, 0) is 24.3 Å². The van der Waals surface area contributed by atoms with E-state index < -0.39 is 11.5 Å². The number of aromatic amines is 2. The Kier molecular flexibility index (Phi) is 2.60. The van der Waals surface area contributed by atoms with E-state index in [1.54, 1.807) is 6.07 Å². The molecule has 1 amide bonds. The first-order valence-electron chi connectivity index (χ1n) is 5.68. The number of carbonyl (C=O) groups excluding carboxylic acids is 1. The molecule has 0 spiro atoms. The molecule has 0 unspecified atom stereocenters. The molecular formula is C13H10N4O2. The molecule has 3 rings (SSSR count). The van der Waals surface area contributed by atoms with E-state index in [0.717, 1.165) is 10.9 Å². The van der Waals surface area contributed by atoms with E-state index in [0.29, 0.717) is 5.82 Å². The average Bonchev–Trinajstić information content (AvgIpc) is 2.83. The van der Waals surface area contributed by atoms with E-state index >= 15 is 0 Å². The van der Waals surface area contributed by atoms with Crippen molar-refractivity contribution >= 4 is 22.6 Å². The van der Waals surface area contributed by atoms with E-state index in [1.165, 1.54) is 12.3 Å². The summed E-state index contributed by atoms with van der Waals surface area (Å²) < 4.78 is 0. The Balaban J connectivity index is 1.96. The molecule has 0 saturated carbocycles. The lowest BCUT2D eigenvalue weighted by atomic mass is 10.2. The summed E-state index contributed by atoms with van der Waals surface area (Å²) in [7, 11) is 0. The monoisotopic (exact) mass is 254 g/mol. The van der Waals surface area contributed by atoms with Crippen LogP contribution < -0.4 is 10.9 Å². The highest BCUT2D eigenvalue weighted by Crippen LogP contribution is 2.19. The molecule has 0 radical (unpaired) electrons. The number of nitrogens with one attached hydrogen (secondary N) is 3. The van der Waals surface area contributed by atoms with Crippen LogP contribution in [0.5, 0.6) is 0 Å². The van der Waals surface area contributed by atoms with Crippen LogP contribution in [0.2, 0.25) is 0 Å². The van der Waals surface area contributed by atoms with Crippen molar-refractivity contribution < 1.29 is 4.79 Å². The molecule has 2 aromatic heterocycles. The Bertz CT molecular complexity index is 803. The standard InChI is InChI=1S/C13H10N4O2/c18-12-9(5-3-7-14-12)13(19)15-11-8-4-1-2-6-10(8)16-17-11/h1-7H,(H,14,18)(H2,15,16,17,19). The number of benzene rings is 1. The van der Waals surface area contributed by atoms with Crippen LogP contribution in [-0.2, 0) is 0 Å². The third-order valence-electron chi connectivity index (χ3n) is 2.77. The first-order valence-corrected chi connectivity index (χ1v) is 5.68. The topological polar surface area (TPSA) is 90.6 Å². The van der Waals surface area contributed by atoms with Crippen molar-refractivity contribution in [2.24, 2.45) is 0 Å². The van der Waals surface area contributed by atoms with E-state index in [1.807, 2.05) is 24.3 Å². The fraction of sp³-hybridized carbons (Fsp3) is 0. The van der Waals surface area contributed by atoms with Gasteiger partial charge in [0.15, 0.2) is 5.82 Å². The van der Waals surface area contributed by atoms with Gasteiger partial charge in [0.2, 0.25) is 0 Å². The molecule has 3 N–H and O–H groups in total. The van der Waals surface area contributed by atoms with Gasteiger partial charge in [0.05, 0.1) is 5.52 Å². The molecule has 0 atom stereocenters. The predicted molar refractivity (Wildman–Crippen MR) is 71.1 cm³/mol. The molecule has 1 aromatic carbocycles. The number of hydrogen-bond acceptors (Lipinski definition) is 3. The maximum Gasteiger partial charge on any atom is 0.262 e. The summed E-state index contributed by atoms with van der Waals surface area (Å²) in [6, 6.07) is 10.5. The van der Waals surface area contributed by atoms with Crippen LogP contribution in [0, 0.1) is 0 Å². The molecule has 94 valence electrons. The molecule has 0 aliphatic carbocycles. The van der Waals surface area contributed by atoms with Gasteiger partial charge in [-0.15, -0.1) is 0 Å². The predicted octanol–water partition coefficient (Wildman–Crippen LogP) is 1.50. The Labute approximate surface area is 107 Å². The molecule has 0 saturated heterocycles. The van der Waals surface area contributed by atoms with Gasteiger partial charge < -0.3 is 10.3 Å². The second-order valence-corrected chi connectivity index (χ2v) is 3.98. The summed E-state index contributed by atoms with van der Waals surface area (Å²) in [6.45, 7) is 0. The fourth-order valence-corrected chi connectivity index (χ4v) is 1.83. The Hall–Kier alpha value is -2.89. The van der Waals surface area contributed by atoms with Gasteiger partial charge in [0.25, 0.3) is 11.5 Å². The van der Waals surface area contributed by atoms with E-state index in [4.69, 9.17) is 0 Å².